The Labute approximate surface area is 95.2 Å². The fourth-order valence-electron chi connectivity index (χ4n) is 1.65. The minimum atomic E-state index is 0.371. The van der Waals surface area contributed by atoms with Crippen molar-refractivity contribution in [3.8, 4) is 0 Å². The zero-order chi connectivity index (χ0) is 10.4. The minimum Gasteiger partial charge on any atom is -0.340 e. The molecule has 0 saturated heterocycles. The van der Waals surface area contributed by atoms with Crippen molar-refractivity contribution >= 4 is 21.8 Å². The number of nitrogens with zero attached hydrogens (tertiary/aromatic N) is 1. The molecule has 0 heterocycles. The van der Waals surface area contributed by atoms with Gasteiger partial charge < -0.3 is 4.90 Å². The fourth-order valence-corrected chi connectivity index (χ4v) is 2.05. The molecule has 0 unspecified atom stereocenters. The monoisotopic (exact) mass is 261 g/mol. The summed E-state index contributed by atoms with van der Waals surface area (Å²) < 4.78 is 0. The lowest BCUT2D eigenvalue weighted by atomic mass is 10.2. The number of rotatable bonds is 7. The molecule has 0 aromatic heterocycles. The van der Waals surface area contributed by atoms with Crippen LogP contribution in [-0.2, 0) is 4.79 Å². The van der Waals surface area contributed by atoms with E-state index in [-0.39, 0.29) is 0 Å². The molecule has 82 valence electrons. The fraction of sp³-hybridized carbons (Fsp3) is 0.909. The van der Waals surface area contributed by atoms with E-state index in [4.69, 9.17) is 0 Å². The van der Waals surface area contributed by atoms with E-state index in [1.165, 1.54) is 12.8 Å². The SMILES string of the molecule is CCCN(C(=O)CCCCBr)C1CC1. The lowest BCUT2D eigenvalue weighted by Crippen LogP contribution is -2.33. The van der Waals surface area contributed by atoms with Crippen LogP contribution in [0.4, 0.5) is 0 Å². The molecule has 0 spiro atoms. The Morgan fingerprint density at radius 2 is 2.14 bits per heavy atom. The zero-order valence-corrected chi connectivity index (χ0v) is 10.6. The molecule has 0 radical (unpaired) electrons. The molecule has 3 heteroatoms. The highest BCUT2D eigenvalue weighted by atomic mass is 79.9. The van der Waals surface area contributed by atoms with E-state index in [1.54, 1.807) is 0 Å². The number of carbonyl (C=O) groups is 1. The van der Waals surface area contributed by atoms with Gasteiger partial charge in [-0.3, -0.25) is 4.79 Å². The summed E-state index contributed by atoms with van der Waals surface area (Å²) in [5, 5.41) is 1.01. The second-order valence-electron chi connectivity index (χ2n) is 3.96. The van der Waals surface area contributed by atoms with Crippen molar-refractivity contribution in [2.75, 3.05) is 11.9 Å². The van der Waals surface area contributed by atoms with Crippen molar-refractivity contribution in [2.45, 2.75) is 51.5 Å². The van der Waals surface area contributed by atoms with Crippen molar-refractivity contribution in [3.05, 3.63) is 0 Å². The number of amides is 1. The van der Waals surface area contributed by atoms with E-state index < -0.39 is 0 Å². The molecular weight excluding hydrogens is 242 g/mol. The van der Waals surface area contributed by atoms with Gasteiger partial charge in [0.15, 0.2) is 0 Å². The van der Waals surface area contributed by atoms with Gasteiger partial charge in [0.25, 0.3) is 0 Å². The zero-order valence-electron chi connectivity index (χ0n) is 8.97. The lowest BCUT2D eigenvalue weighted by molar-refractivity contribution is -0.131. The summed E-state index contributed by atoms with van der Waals surface area (Å²) in [5.41, 5.74) is 0. The van der Waals surface area contributed by atoms with Gasteiger partial charge in [0.05, 0.1) is 0 Å². The van der Waals surface area contributed by atoms with Gasteiger partial charge in [-0.05, 0) is 32.1 Å². The molecule has 0 bridgehead atoms. The van der Waals surface area contributed by atoms with E-state index in [0.717, 1.165) is 37.6 Å². The predicted molar refractivity (Wildman–Crippen MR) is 62.7 cm³/mol. The number of carbonyl (C=O) groups excluding carboxylic acids is 1. The van der Waals surface area contributed by atoms with Crippen LogP contribution in [0.25, 0.3) is 0 Å². The second kappa shape index (κ2) is 6.44. The molecule has 0 atom stereocenters. The molecule has 1 saturated carbocycles. The number of alkyl halides is 1. The largest absolute Gasteiger partial charge is 0.340 e. The van der Waals surface area contributed by atoms with E-state index in [2.05, 4.69) is 27.8 Å². The Bertz CT molecular complexity index is 180. The van der Waals surface area contributed by atoms with E-state index in [0.29, 0.717) is 11.9 Å². The van der Waals surface area contributed by atoms with Crippen LogP contribution < -0.4 is 0 Å². The van der Waals surface area contributed by atoms with Crippen molar-refractivity contribution in [2.24, 2.45) is 0 Å². The molecule has 14 heavy (non-hydrogen) atoms. The first-order valence-corrected chi connectivity index (χ1v) is 6.77. The maximum atomic E-state index is 11.8. The lowest BCUT2D eigenvalue weighted by Gasteiger charge is -2.21. The Morgan fingerprint density at radius 1 is 1.43 bits per heavy atom. The number of halogens is 1. The highest BCUT2D eigenvalue weighted by Gasteiger charge is 2.31. The van der Waals surface area contributed by atoms with Crippen molar-refractivity contribution in [3.63, 3.8) is 0 Å². The van der Waals surface area contributed by atoms with E-state index in [9.17, 15) is 4.79 Å². The van der Waals surface area contributed by atoms with Gasteiger partial charge in [0.2, 0.25) is 5.91 Å². The number of hydrogen-bond donors (Lipinski definition) is 0. The third-order valence-corrected chi connectivity index (χ3v) is 3.11. The molecule has 0 aromatic carbocycles. The first-order chi connectivity index (χ1) is 6.79. The average Bonchev–Trinajstić information content (AvgIpc) is 2.98. The second-order valence-corrected chi connectivity index (χ2v) is 4.76. The summed E-state index contributed by atoms with van der Waals surface area (Å²) in [4.78, 5) is 13.9. The summed E-state index contributed by atoms with van der Waals surface area (Å²) in [6, 6.07) is 0.589. The standard InChI is InChI=1S/C11H20BrNO/c1-2-9-13(10-6-7-10)11(14)5-3-4-8-12/h10H,2-9H2,1H3. The van der Waals surface area contributed by atoms with Crippen LogP contribution in [0.2, 0.25) is 0 Å². The van der Waals surface area contributed by atoms with Crippen molar-refractivity contribution in [1.82, 2.24) is 4.90 Å². The molecule has 1 fully saturated rings. The van der Waals surface area contributed by atoms with Crippen molar-refractivity contribution < 1.29 is 4.79 Å². The van der Waals surface area contributed by atoms with Crippen LogP contribution in [0, 0.1) is 0 Å². The molecule has 1 rings (SSSR count). The topological polar surface area (TPSA) is 20.3 Å². The third-order valence-electron chi connectivity index (χ3n) is 2.55. The smallest absolute Gasteiger partial charge is 0.222 e. The summed E-state index contributed by atoms with van der Waals surface area (Å²) in [6.07, 6.45) is 6.41. The van der Waals surface area contributed by atoms with Crippen LogP contribution in [0.1, 0.15) is 45.4 Å². The molecule has 1 aliphatic carbocycles. The maximum Gasteiger partial charge on any atom is 0.222 e. The molecule has 2 nitrogen and oxygen atoms in total. The van der Waals surface area contributed by atoms with Crippen molar-refractivity contribution in [1.29, 1.82) is 0 Å². The summed E-state index contributed by atoms with van der Waals surface area (Å²) in [7, 11) is 0. The van der Waals surface area contributed by atoms with Gasteiger partial charge in [0, 0.05) is 24.3 Å². The normalized spacial score (nSPS) is 15.6. The van der Waals surface area contributed by atoms with Crippen LogP contribution >= 0.6 is 15.9 Å². The molecule has 0 aliphatic heterocycles. The first kappa shape index (κ1) is 12.0. The number of hydrogen-bond acceptors (Lipinski definition) is 1. The molecule has 1 amide bonds. The number of unbranched alkanes of at least 4 members (excludes halogenated alkanes) is 1. The summed E-state index contributed by atoms with van der Waals surface area (Å²) >= 11 is 3.38. The molecule has 0 aromatic rings. The highest BCUT2D eigenvalue weighted by Crippen LogP contribution is 2.27. The third kappa shape index (κ3) is 3.99. The Kier molecular flexibility index (Phi) is 5.53. The van der Waals surface area contributed by atoms with Gasteiger partial charge in [-0.2, -0.15) is 0 Å². The summed E-state index contributed by atoms with van der Waals surface area (Å²) in [6.45, 7) is 3.10. The van der Waals surface area contributed by atoms with Crippen LogP contribution in [0.5, 0.6) is 0 Å². The summed E-state index contributed by atoms with van der Waals surface area (Å²) in [5.74, 6) is 0.371. The van der Waals surface area contributed by atoms with Crippen LogP contribution in [-0.4, -0.2) is 28.7 Å². The van der Waals surface area contributed by atoms with Gasteiger partial charge in [-0.15, -0.1) is 0 Å². The highest BCUT2D eigenvalue weighted by molar-refractivity contribution is 9.09. The quantitative estimate of drug-likeness (QED) is 0.510. The predicted octanol–water partition coefficient (Wildman–Crippen LogP) is 2.95. The molecular formula is C11H20BrNO. The minimum absolute atomic E-state index is 0.371. The first-order valence-electron chi connectivity index (χ1n) is 5.65. The molecule has 0 N–H and O–H groups in total. The van der Waals surface area contributed by atoms with Gasteiger partial charge in [-0.1, -0.05) is 22.9 Å². The Morgan fingerprint density at radius 3 is 2.64 bits per heavy atom. The van der Waals surface area contributed by atoms with E-state index >= 15 is 0 Å². The van der Waals surface area contributed by atoms with Gasteiger partial charge in [0.1, 0.15) is 0 Å². The Balaban J connectivity index is 2.23. The maximum absolute atomic E-state index is 11.8. The molecule has 1 aliphatic rings. The van der Waals surface area contributed by atoms with E-state index in [1.807, 2.05) is 0 Å². The van der Waals surface area contributed by atoms with Crippen LogP contribution in [0.3, 0.4) is 0 Å². The van der Waals surface area contributed by atoms with Gasteiger partial charge >= 0.3 is 0 Å². The Hall–Kier alpha value is -0.0500. The van der Waals surface area contributed by atoms with Gasteiger partial charge in [-0.25, -0.2) is 0 Å². The average molecular weight is 262 g/mol. The van der Waals surface area contributed by atoms with Crippen LogP contribution in [0.15, 0.2) is 0 Å².